The SMILES string of the molecule is CC(C)OCC(=O)NCCCCCCCCNC=O. The molecule has 5 nitrogen and oxygen atoms in total. The van der Waals surface area contributed by atoms with Crippen LogP contribution in [0.25, 0.3) is 0 Å². The molecule has 0 radical (unpaired) electrons. The zero-order valence-corrected chi connectivity index (χ0v) is 12.2. The van der Waals surface area contributed by atoms with Crippen LogP contribution in [0.2, 0.25) is 0 Å². The zero-order chi connectivity index (χ0) is 14.3. The highest BCUT2D eigenvalue weighted by atomic mass is 16.5. The maximum Gasteiger partial charge on any atom is 0.246 e. The Labute approximate surface area is 116 Å². The lowest BCUT2D eigenvalue weighted by atomic mass is 10.1. The summed E-state index contributed by atoms with van der Waals surface area (Å²) < 4.78 is 5.20. The summed E-state index contributed by atoms with van der Waals surface area (Å²) in [5, 5.41) is 5.50. The Morgan fingerprint density at radius 1 is 1.05 bits per heavy atom. The fraction of sp³-hybridized carbons (Fsp3) is 0.857. The van der Waals surface area contributed by atoms with E-state index in [1.807, 2.05) is 13.8 Å². The molecule has 19 heavy (non-hydrogen) atoms. The highest BCUT2D eigenvalue weighted by Crippen LogP contribution is 2.04. The van der Waals surface area contributed by atoms with Crippen LogP contribution in [-0.4, -0.2) is 38.1 Å². The van der Waals surface area contributed by atoms with Gasteiger partial charge >= 0.3 is 0 Å². The molecule has 0 aromatic heterocycles. The second kappa shape index (κ2) is 13.3. The van der Waals surface area contributed by atoms with Gasteiger partial charge in [0, 0.05) is 13.1 Å². The van der Waals surface area contributed by atoms with Gasteiger partial charge in [0.25, 0.3) is 0 Å². The largest absolute Gasteiger partial charge is 0.369 e. The molecule has 112 valence electrons. The van der Waals surface area contributed by atoms with Crippen molar-refractivity contribution >= 4 is 12.3 Å². The number of nitrogens with one attached hydrogen (secondary N) is 2. The van der Waals surface area contributed by atoms with E-state index in [4.69, 9.17) is 4.74 Å². The third-order valence-corrected chi connectivity index (χ3v) is 2.70. The fourth-order valence-corrected chi connectivity index (χ4v) is 1.64. The Morgan fingerprint density at radius 2 is 1.63 bits per heavy atom. The molecular weight excluding hydrogens is 244 g/mol. The van der Waals surface area contributed by atoms with Crippen LogP contribution in [0.15, 0.2) is 0 Å². The van der Waals surface area contributed by atoms with Gasteiger partial charge in [-0.2, -0.15) is 0 Å². The van der Waals surface area contributed by atoms with Crippen LogP contribution in [0.4, 0.5) is 0 Å². The number of rotatable bonds is 13. The van der Waals surface area contributed by atoms with Crippen LogP contribution >= 0.6 is 0 Å². The van der Waals surface area contributed by atoms with E-state index in [0.29, 0.717) is 0 Å². The van der Waals surface area contributed by atoms with Crippen molar-refractivity contribution in [2.45, 2.75) is 58.5 Å². The summed E-state index contributed by atoms with van der Waals surface area (Å²) in [4.78, 5) is 21.3. The summed E-state index contributed by atoms with van der Waals surface area (Å²) in [6.07, 6.45) is 7.54. The molecule has 0 unspecified atom stereocenters. The predicted molar refractivity (Wildman–Crippen MR) is 75.9 cm³/mol. The molecule has 0 aliphatic carbocycles. The van der Waals surface area contributed by atoms with Crippen LogP contribution in [0, 0.1) is 0 Å². The summed E-state index contributed by atoms with van der Waals surface area (Å²) in [5.41, 5.74) is 0. The van der Waals surface area contributed by atoms with Crippen LogP contribution in [0.3, 0.4) is 0 Å². The normalized spacial score (nSPS) is 10.5. The Kier molecular flexibility index (Phi) is 12.6. The first-order valence-corrected chi connectivity index (χ1v) is 7.22. The molecule has 0 aliphatic rings. The van der Waals surface area contributed by atoms with Gasteiger partial charge in [-0.1, -0.05) is 25.7 Å². The molecule has 2 amide bonds. The van der Waals surface area contributed by atoms with E-state index in [9.17, 15) is 9.59 Å². The number of amides is 2. The molecule has 0 heterocycles. The minimum Gasteiger partial charge on any atom is -0.369 e. The number of carbonyl (C=O) groups is 2. The third kappa shape index (κ3) is 14.8. The van der Waals surface area contributed by atoms with E-state index in [2.05, 4.69) is 10.6 Å². The van der Waals surface area contributed by atoms with E-state index in [-0.39, 0.29) is 18.6 Å². The van der Waals surface area contributed by atoms with Gasteiger partial charge in [-0.15, -0.1) is 0 Å². The summed E-state index contributed by atoms with van der Waals surface area (Å²) in [6, 6.07) is 0. The molecule has 0 saturated carbocycles. The second-order valence-corrected chi connectivity index (χ2v) is 4.90. The first kappa shape index (κ1) is 17.9. The lowest BCUT2D eigenvalue weighted by Crippen LogP contribution is -2.29. The average Bonchev–Trinajstić information content (AvgIpc) is 2.38. The molecule has 5 heteroatoms. The van der Waals surface area contributed by atoms with Crippen molar-refractivity contribution in [1.82, 2.24) is 10.6 Å². The van der Waals surface area contributed by atoms with Crippen molar-refractivity contribution in [3.8, 4) is 0 Å². The van der Waals surface area contributed by atoms with Gasteiger partial charge in [-0.05, 0) is 26.7 Å². The highest BCUT2D eigenvalue weighted by Gasteiger charge is 2.01. The molecule has 0 bridgehead atoms. The third-order valence-electron chi connectivity index (χ3n) is 2.70. The maximum atomic E-state index is 11.3. The number of hydrogen-bond acceptors (Lipinski definition) is 3. The van der Waals surface area contributed by atoms with Gasteiger partial charge in [0.05, 0.1) is 6.10 Å². The molecule has 0 rings (SSSR count). The topological polar surface area (TPSA) is 67.4 Å². The first-order valence-electron chi connectivity index (χ1n) is 7.22. The second-order valence-electron chi connectivity index (χ2n) is 4.90. The van der Waals surface area contributed by atoms with Gasteiger partial charge in [0.15, 0.2) is 0 Å². The van der Waals surface area contributed by atoms with Crippen LogP contribution in [0.5, 0.6) is 0 Å². The first-order chi connectivity index (χ1) is 9.16. The maximum absolute atomic E-state index is 11.3. The minimum atomic E-state index is -0.0337. The molecule has 0 aromatic carbocycles. The van der Waals surface area contributed by atoms with Crippen molar-refractivity contribution in [1.29, 1.82) is 0 Å². The van der Waals surface area contributed by atoms with Crippen molar-refractivity contribution in [2.24, 2.45) is 0 Å². The molecular formula is C14H28N2O3. The summed E-state index contributed by atoms with van der Waals surface area (Å²) in [5.74, 6) is -0.0337. The Bertz CT molecular complexity index is 233. The van der Waals surface area contributed by atoms with Gasteiger partial charge < -0.3 is 15.4 Å². The molecule has 0 spiro atoms. The van der Waals surface area contributed by atoms with Gasteiger partial charge in [0.1, 0.15) is 6.61 Å². The average molecular weight is 272 g/mol. The standard InChI is InChI=1S/C14H28N2O3/c1-13(2)19-11-14(18)16-10-8-6-4-3-5-7-9-15-12-17/h12-13H,3-11H2,1-2H3,(H,15,17)(H,16,18). The van der Waals surface area contributed by atoms with Crippen molar-refractivity contribution < 1.29 is 14.3 Å². The zero-order valence-electron chi connectivity index (χ0n) is 12.2. The predicted octanol–water partition coefficient (Wildman–Crippen LogP) is 1.61. The van der Waals surface area contributed by atoms with Crippen LogP contribution in [-0.2, 0) is 14.3 Å². The molecule has 0 aliphatic heterocycles. The Hall–Kier alpha value is -1.10. The molecule has 0 atom stereocenters. The monoisotopic (exact) mass is 272 g/mol. The van der Waals surface area contributed by atoms with E-state index in [0.717, 1.165) is 45.2 Å². The van der Waals surface area contributed by atoms with Crippen molar-refractivity contribution in [3.63, 3.8) is 0 Å². The van der Waals surface area contributed by atoms with E-state index in [1.54, 1.807) is 0 Å². The highest BCUT2D eigenvalue weighted by molar-refractivity contribution is 5.77. The summed E-state index contributed by atoms with van der Waals surface area (Å²) in [6.45, 7) is 5.49. The van der Waals surface area contributed by atoms with Gasteiger partial charge in [-0.3, -0.25) is 9.59 Å². The van der Waals surface area contributed by atoms with Gasteiger partial charge in [0.2, 0.25) is 12.3 Å². The lowest BCUT2D eigenvalue weighted by Gasteiger charge is -2.08. The smallest absolute Gasteiger partial charge is 0.246 e. The van der Waals surface area contributed by atoms with Crippen molar-refractivity contribution in [3.05, 3.63) is 0 Å². The number of ether oxygens (including phenoxy) is 1. The number of unbranched alkanes of at least 4 members (excludes halogenated alkanes) is 5. The Balaban J connectivity index is 3.13. The van der Waals surface area contributed by atoms with Crippen LogP contribution < -0.4 is 10.6 Å². The number of carbonyl (C=O) groups excluding carboxylic acids is 2. The fourth-order valence-electron chi connectivity index (χ4n) is 1.64. The quantitative estimate of drug-likeness (QED) is 0.395. The molecule has 0 aromatic rings. The molecule has 0 fully saturated rings. The van der Waals surface area contributed by atoms with Crippen molar-refractivity contribution in [2.75, 3.05) is 19.7 Å². The molecule has 2 N–H and O–H groups in total. The van der Waals surface area contributed by atoms with E-state index in [1.165, 1.54) is 12.8 Å². The van der Waals surface area contributed by atoms with E-state index < -0.39 is 0 Å². The van der Waals surface area contributed by atoms with Crippen LogP contribution in [0.1, 0.15) is 52.4 Å². The van der Waals surface area contributed by atoms with E-state index >= 15 is 0 Å². The number of hydrogen-bond donors (Lipinski definition) is 2. The summed E-state index contributed by atoms with van der Waals surface area (Å²) >= 11 is 0. The lowest BCUT2D eigenvalue weighted by molar-refractivity contribution is -0.127. The summed E-state index contributed by atoms with van der Waals surface area (Å²) in [7, 11) is 0. The minimum absolute atomic E-state index is 0.0337. The Morgan fingerprint density at radius 3 is 2.21 bits per heavy atom. The molecule has 0 saturated heterocycles. The van der Waals surface area contributed by atoms with Gasteiger partial charge in [-0.25, -0.2) is 0 Å².